The molecule has 0 unspecified atom stereocenters. The summed E-state index contributed by atoms with van der Waals surface area (Å²) < 4.78 is 57.8. The molecule has 0 heterocycles. The Kier molecular flexibility index (Phi) is 6.30. The Labute approximate surface area is 176 Å². The zero-order valence-corrected chi connectivity index (χ0v) is 16.9. The summed E-state index contributed by atoms with van der Waals surface area (Å²) in [7, 11) is -2.88. The second kappa shape index (κ2) is 8.92. The van der Waals surface area contributed by atoms with Gasteiger partial charge in [0.15, 0.2) is 11.6 Å². The van der Waals surface area contributed by atoms with Gasteiger partial charge in [-0.2, -0.15) is 0 Å². The van der Waals surface area contributed by atoms with Crippen LogP contribution in [-0.2, 0) is 14.8 Å². The molecule has 1 amide bonds. The van der Waals surface area contributed by atoms with Gasteiger partial charge < -0.3 is 10.1 Å². The molecule has 0 aliphatic rings. The highest BCUT2D eigenvalue weighted by atomic mass is 32.2. The zero-order chi connectivity index (χ0) is 22.6. The van der Waals surface area contributed by atoms with Crippen molar-refractivity contribution in [2.45, 2.75) is 4.90 Å². The van der Waals surface area contributed by atoms with Crippen molar-refractivity contribution in [1.82, 2.24) is 0 Å². The Morgan fingerprint density at radius 3 is 1.97 bits per heavy atom. The van der Waals surface area contributed by atoms with Crippen LogP contribution >= 0.6 is 0 Å². The van der Waals surface area contributed by atoms with Crippen molar-refractivity contribution in [3.05, 3.63) is 89.5 Å². The Morgan fingerprint density at radius 2 is 1.39 bits per heavy atom. The van der Waals surface area contributed by atoms with Crippen LogP contribution in [0.3, 0.4) is 0 Å². The maximum Gasteiger partial charge on any atom is 0.337 e. The van der Waals surface area contributed by atoms with Crippen molar-refractivity contribution < 1.29 is 31.5 Å². The van der Waals surface area contributed by atoms with E-state index in [1.54, 1.807) is 0 Å². The summed E-state index contributed by atoms with van der Waals surface area (Å²) in [6.45, 7) is 0. The van der Waals surface area contributed by atoms with E-state index in [4.69, 9.17) is 0 Å². The number of rotatable bonds is 6. The molecule has 160 valence electrons. The predicted molar refractivity (Wildman–Crippen MR) is 109 cm³/mol. The molecule has 31 heavy (non-hydrogen) atoms. The topological polar surface area (TPSA) is 102 Å². The average molecular weight is 446 g/mol. The minimum absolute atomic E-state index is 0.128. The van der Waals surface area contributed by atoms with Crippen molar-refractivity contribution >= 4 is 33.3 Å². The molecule has 0 saturated heterocycles. The molecule has 0 aliphatic carbocycles. The van der Waals surface area contributed by atoms with Gasteiger partial charge in [-0.3, -0.25) is 9.52 Å². The van der Waals surface area contributed by atoms with E-state index in [2.05, 4.69) is 14.8 Å². The lowest BCUT2D eigenvalue weighted by molar-refractivity contribution is 0.0600. The molecule has 0 saturated carbocycles. The highest BCUT2D eigenvalue weighted by Crippen LogP contribution is 2.19. The summed E-state index contributed by atoms with van der Waals surface area (Å²) in [4.78, 5) is 23.3. The van der Waals surface area contributed by atoms with Crippen LogP contribution < -0.4 is 10.0 Å². The number of benzene rings is 3. The van der Waals surface area contributed by atoms with Gasteiger partial charge in [0.25, 0.3) is 15.9 Å². The van der Waals surface area contributed by atoms with E-state index in [-0.39, 0.29) is 11.3 Å². The summed E-state index contributed by atoms with van der Waals surface area (Å²) in [5.41, 5.74) is 1.15. The van der Waals surface area contributed by atoms with Gasteiger partial charge >= 0.3 is 5.97 Å². The fraction of sp³-hybridized carbons (Fsp3) is 0.0476. The van der Waals surface area contributed by atoms with Crippen LogP contribution in [0, 0.1) is 11.6 Å². The molecule has 0 atom stereocenters. The number of carbonyl (C=O) groups excluding carboxylic acids is 2. The molecule has 0 fully saturated rings. The summed E-state index contributed by atoms with van der Waals surface area (Å²) in [5, 5.41) is 2.64. The number of ether oxygens (including phenoxy) is 1. The van der Waals surface area contributed by atoms with Crippen LogP contribution in [0.15, 0.2) is 71.6 Å². The second-order valence-electron chi connectivity index (χ2n) is 6.28. The number of sulfonamides is 1. The molecule has 0 aliphatic heterocycles. The summed E-state index contributed by atoms with van der Waals surface area (Å²) >= 11 is 0. The van der Waals surface area contributed by atoms with Crippen molar-refractivity contribution in [1.29, 1.82) is 0 Å². The van der Waals surface area contributed by atoms with Gasteiger partial charge in [-0.05, 0) is 66.7 Å². The van der Waals surface area contributed by atoms with Crippen LogP contribution in [-0.4, -0.2) is 27.4 Å². The van der Waals surface area contributed by atoms with Crippen molar-refractivity contribution in [3.8, 4) is 0 Å². The lowest BCUT2D eigenvalue weighted by Crippen LogP contribution is -2.14. The first-order chi connectivity index (χ1) is 14.7. The van der Waals surface area contributed by atoms with E-state index in [1.165, 1.54) is 55.6 Å². The molecule has 3 rings (SSSR count). The number of anilines is 2. The number of nitrogens with one attached hydrogen (secondary N) is 2. The number of halogens is 2. The first kappa shape index (κ1) is 21.9. The molecule has 7 nitrogen and oxygen atoms in total. The van der Waals surface area contributed by atoms with Gasteiger partial charge in [0.05, 0.1) is 17.6 Å². The monoisotopic (exact) mass is 446 g/mol. The fourth-order valence-electron chi connectivity index (χ4n) is 2.56. The first-order valence-corrected chi connectivity index (χ1v) is 10.3. The molecule has 0 bridgehead atoms. The third kappa shape index (κ3) is 5.23. The Balaban J connectivity index is 1.68. The maximum absolute atomic E-state index is 13.3. The van der Waals surface area contributed by atoms with Gasteiger partial charge in [-0.25, -0.2) is 22.0 Å². The van der Waals surface area contributed by atoms with E-state index in [0.717, 1.165) is 12.1 Å². The molecule has 3 aromatic rings. The van der Waals surface area contributed by atoms with E-state index < -0.39 is 38.4 Å². The van der Waals surface area contributed by atoms with Gasteiger partial charge in [0, 0.05) is 16.9 Å². The van der Waals surface area contributed by atoms with Crippen molar-refractivity contribution in [2.75, 3.05) is 17.1 Å². The highest BCUT2D eigenvalue weighted by Gasteiger charge is 2.17. The number of methoxy groups -OCH3 is 1. The normalized spacial score (nSPS) is 10.9. The van der Waals surface area contributed by atoms with Crippen LogP contribution in [0.5, 0.6) is 0 Å². The highest BCUT2D eigenvalue weighted by molar-refractivity contribution is 7.92. The summed E-state index contributed by atoms with van der Waals surface area (Å²) in [6, 6.07) is 13.8. The third-order valence-corrected chi connectivity index (χ3v) is 5.54. The standard InChI is InChI=1S/C21H16F2N2O5S/c1-30-21(27)14-4-6-15(7-5-14)24-20(26)13-2-8-16(9-3-13)25-31(28,29)17-10-11-18(22)19(23)12-17/h2-12,25H,1H3,(H,24,26). The lowest BCUT2D eigenvalue weighted by atomic mass is 10.1. The molecular formula is C21H16F2N2O5S. The van der Waals surface area contributed by atoms with Gasteiger partial charge in [0.1, 0.15) is 0 Å². The molecule has 0 aromatic heterocycles. The van der Waals surface area contributed by atoms with E-state index >= 15 is 0 Å². The zero-order valence-electron chi connectivity index (χ0n) is 16.1. The van der Waals surface area contributed by atoms with Gasteiger partial charge in [-0.15, -0.1) is 0 Å². The quantitative estimate of drug-likeness (QED) is 0.561. The van der Waals surface area contributed by atoms with Crippen molar-refractivity contribution in [3.63, 3.8) is 0 Å². The number of hydrogen-bond acceptors (Lipinski definition) is 5. The van der Waals surface area contributed by atoms with Crippen LogP contribution in [0.2, 0.25) is 0 Å². The second-order valence-corrected chi connectivity index (χ2v) is 7.96. The number of carbonyl (C=O) groups is 2. The molecule has 0 radical (unpaired) electrons. The van der Waals surface area contributed by atoms with Crippen LogP contribution in [0.25, 0.3) is 0 Å². The first-order valence-electron chi connectivity index (χ1n) is 8.77. The lowest BCUT2D eigenvalue weighted by Gasteiger charge is -2.10. The van der Waals surface area contributed by atoms with E-state index in [0.29, 0.717) is 17.3 Å². The maximum atomic E-state index is 13.3. The third-order valence-electron chi connectivity index (χ3n) is 4.16. The predicted octanol–water partition coefficient (Wildman–Crippen LogP) is 3.80. The van der Waals surface area contributed by atoms with Gasteiger partial charge in [0.2, 0.25) is 0 Å². The number of hydrogen-bond donors (Lipinski definition) is 2. The van der Waals surface area contributed by atoms with E-state index in [9.17, 15) is 26.8 Å². The fourth-order valence-corrected chi connectivity index (χ4v) is 3.63. The summed E-state index contributed by atoms with van der Waals surface area (Å²) in [6.07, 6.45) is 0. The molecule has 2 N–H and O–H groups in total. The molecule has 3 aromatic carbocycles. The minimum atomic E-state index is -4.14. The Morgan fingerprint density at radius 1 is 0.806 bits per heavy atom. The number of esters is 1. The van der Waals surface area contributed by atoms with Crippen LogP contribution in [0.4, 0.5) is 20.2 Å². The molecular weight excluding hydrogens is 430 g/mol. The smallest absolute Gasteiger partial charge is 0.337 e. The Hall–Kier alpha value is -3.79. The largest absolute Gasteiger partial charge is 0.465 e. The SMILES string of the molecule is COC(=O)c1ccc(NC(=O)c2ccc(NS(=O)(=O)c3ccc(F)c(F)c3)cc2)cc1. The van der Waals surface area contributed by atoms with Gasteiger partial charge in [-0.1, -0.05) is 0 Å². The Bertz CT molecular complexity index is 1230. The molecule has 10 heteroatoms. The van der Waals surface area contributed by atoms with Crippen LogP contribution in [0.1, 0.15) is 20.7 Å². The van der Waals surface area contributed by atoms with Crippen molar-refractivity contribution in [2.24, 2.45) is 0 Å². The number of amides is 1. The average Bonchev–Trinajstić information content (AvgIpc) is 2.75. The minimum Gasteiger partial charge on any atom is -0.465 e. The molecule has 0 spiro atoms. The van der Waals surface area contributed by atoms with E-state index in [1.807, 2.05) is 0 Å². The summed E-state index contributed by atoms with van der Waals surface area (Å²) in [5.74, 6) is -3.40.